The van der Waals surface area contributed by atoms with E-state index in [1.54, 1.807) is 0 Å². The predicted octanol–water partition coefficient (Wildman–Crippen LogP) is 0.201. The maximum Gasteiger partial charge on any atom is 0.208 e. The molecule has 6 nitrogen and oxygen atoms in total. The van der Waals surface area contributed by atoms with Crippen LogP contribution in [0.4, 0.5) is 0 Å². The van der Waals surface area contributed by atoms with Crippen molar-refractivity contribution in [2.24, 2.45) is 10.8 Å². The van der Waals surface area contributed by atoms with Crippen LogP contribution in [0.25, 0.3) is 0 Å². The molecule has 0 spiro atoms. The summed E-state index contributed by atoms with van der Waals surface area (Å²) in [6.07, 6.45) is 0. The Hall–Kier alpha value is -0.850. The van der Waals surface area contributed by atoms with E-state index in [4.69, 9.17) is 15.3 Å². The molecule has 0 aromatic carbocycles. The molecule has 0 aliphatic rings. The van der Waals surface area contributed by atoms with Gasteiger partial charge in [-0.2, -0.15) is 0 Å². The van der Waals surface area contributed by atoms with Gasteiger partial charge in [0.25, 0.3) is 0 Å². The van der Waals surface area contributed by atoms with Crippen LogP contribution in [-0.4, -0.2) is 56.9 Å². The molecule has 0 atom stereocenters. The van der Waals surface area contributed by atoms with E-state index in [0.717, 1.165) is 26.3 Å². The molecule has 102 valence electrons. The van der Waals surface area contributed by atoms with Crippen molar-refractivity contribution in [3.8, 4) is 0 Å². The van der Waals surface area contributed by atoms with Crippen LogP contribution in [0.15, 0.2) is 4.99 Å². The van der Waals surface area contributed by atoms with Crippen molar-refractivity contribution >= 4 is 5.96 Å². The average Bonchev–Trinajstić information content (AvgIpc) is 2.35. The fourth-order valence-electron chi connectivity index (χ4n) is 1.35. The monoisotopic (exact) mass is 246 g/mol. The molecule has 0 heterocycles. The van der Waals surface area contributed by atoms with E-state index in [2.05, 4.69) is 10.4 Å². The molecular formula is C11H26N4O2. The average molecular weight is 246 g/mol. The van der Waals surface area contributed by atoms with Crippen LogP contribution in [0, 0.1) is 0 Å². The number of hydrogen-bond acceptors (Lipinski definition) is 4. The molecular weight excluding hydrogens is 220 g/mol. The summed E-state index contributed by atoms with van der Waals surface area (Å²) in [5, 5.41) is 0. The summed E-state index contributed by atoms with van der Waals surface area (Å²) in [6.45, 7) is 10.9. The third kappa shape index (κ3) is 7.95. The van der Waals surface area contributed by atoms with Crippen molar-refractivity contribution in [1.29, 1.82) is 0 Å². The van der Waals surface area contributed by atoms with Crippen LogP contribution in [0.3, 0.4) is 0 Å². The lowest BCUT2D eigenvalue weighted by Crippen LogP contribution is -2.47. The molecule has 3 N–H and O–H groups in total. The van der Waals surface area contributed by atoms with Crippen LogP contribution in [0.5, 0.6) is 0 Å². The number of nitrogens with two attached hydrogens (primary N) is 1. The zero-order valence-corrected chi connectivity index (χ0v) is 11.2. The molecule has 0 aliphatic carbocycles. The molecule has 6 heteroatoms. The number of hydrogen-bond donors (Lipinski definition) is 2. The second-order valence-corrected chi connectivity index (χ2v) is 3.32. The first-order valence-electron chi connectivity index (χ1n) is 6.21. The number of nitrogens with zero attached hydrogens (tertiary/aromatic N) is 2. The van der Waals surface area contributed by atoms with Gasteiger partial charge >= 0.3 is 0 Å². The van der Waals surface area contributed by atoms with Gasteiger partial charge in [-0.05, 0) is 20.8 Å². The maximum atomic E-state index is 5.46. The summed E-state index contributed by atoms with van der Waals surface area (Å²) in [6, 6.07) is 0. The largest absolute Gasteiger partial charge is 0.380 e. The third-order valence-electron chi connectivity index (χ3n) is 2.16. The Labute approximate surface area is 104 Å². The number of rotatable bonds is 9. The Kier molecular flexibility index (Phi) is 11.0. The van der Waals surface area contributed by atoms with Gasteiger partial charge in [-0.25, -0.2) is 5.84 Å². The lowest BCUT2D eigenvalue weighted by molar-refractivity contribution is 0.106. The molecule has 17 heavy (non-hydrogen) atoms. The minimum Gasteiger partial charge on any atom is -0.380 e. The molecule has 0 amide bonds. The van der Waals surface area contributed by atoms with Gasteiger partial charge in [-0.15, -0.1) is 0 Å². The van der Waals surface area contributed by atoms with Crippen LogP contribution >= 0.6 is 0 Å². The smallest absolute Gasteiger partial charge is 0.208 e. The van der Waals surface area contributed by atoms with E-state index in [0.29, 0.717) is 25.7 Å². The normalized spacial score (nSPS) is 11.6. The van der Waals surface area contributed by atoms with E-state index < -0.39 is 0 Å². The standard InChI is InChI=1S/C11H26N4O2/c1-4-13-11(14-12)15(7-9-16-5-2)8-10-17-6-3/h4-10,12H2,1-3H3,(H,13,14). The topological polar surface area (TPSA) is 72.1 Å². The fraction of sp³-hybridized carbons (Fsp3) is 0.909. The van der Waals surface area contributed by atoms with Gasteiger partial charge in [0, 0.05) is 32.8 Å². The zero-order chi connectivity index (χ0) is 12.9. The number of aliphatic imine (C=N–C) groups is 1. The van der Waals surface area contributed by atoms with Gasteiger partial charge in [-0.3, -0.25) is 10.4 Å². The Bertz CT molecular complexity index is 190. The number of hydrazine groups is 1. The van der Waals surface area contributed by atoms with Crippen molar-refractivity contribution in [2.75, 3.05) is 46.1 Å². The number of guanidine groups is 1. The molecule has 0 bridgehead atoms. The highest BCUT2D eigenvalue weighted by Gasteiger charge is 2.09. The maximum absolute atomic E-state index is 5.46. The van der Waals surface area contributed by atoms with Crippen molar-refractivity contribution in [3.05, 3.63) is 0 Å². The first kappa shape index (κ1) is 16.1. The number of ether oxygens (including phenoxy) is 2. The van der Waals surface area contributed by atoms with Gasteiger partial charge in [0.2, 0.25) is 5.96 Å². The molecule has 0 fully saturated rings. The molecule has 0 saturated carbocycles. The molecule has 0 unspecified atom stereocenters. The van der Waals surface area contributed by atoms with Gasteiger partial charge < -0.3 is 14.4 Å². The predicted molar refractivity (Wildman–Crippen MR) is 69.9 cm³/mol. The van der Waals surface area contributed by atoms with E-state index in [-0.39, 0.29) is 0 Å². The molecule has 0 aliphatic heterocycles. The van der Waals surface area contributed by atoms with Crippen molar-refractivity contribution in [3.63, 3.8) is 0 Å². The third-order valence-corrected chi connectivity index (χ3v) is 2.16. The number of nitrogens with one attached hydrogen (secondary N) is 1. The Morgan fingerprint density at radius 1 is 1.12 bits per heavy atom. The van der Waals surface area contributed by atoms with E-state index >= 15 is 0 Å². The summed E-state index contributed by atoms with van der Waals surface area (Å²) < 4.78 is 10.7. The zero-order valence-electron chi connectivity index (χ0n) is 11.2. The van der Waals surface area contributed by atoms with Crippen LogP contribution < -0.4 is 11.3 Å². The molecule has 0 aromatic heterocycles. The fourth-order valence-corrected chi connectivity index (χ4v) is 1.35. The SMILES string of the molecule is CCN=C(NN)N(CCOCC)CCOCC. The van der Waals surface area contributed by atoms with Gasteiger partial charge in [-0.1, -0.05) is 0 Å². The minimum absolute atomic E-state index is 0.660. The quantitative estimate of drug-likeness (QED) is 0.200. The summed E-state index contributed by atoms with van der Waals surface area (Å²) in [5.41, 5.74) is 2.62. The summed E-state index contributed by atoms with van der Waals surface area (Å²) in [5.74, 6) is 6.15. The Morgan fingerprint density at radius 2 is 1.65 bits per heavy atom. The van der Waals surface area contributed by atoms with Crippen molar-refractivity contribution in [1.82, 2.24) is 10.3 Å². The summed E-state index contributed by atoms with van der Waals surface area (Å²) in [7, 11) is 0. The van der Waals surface area contributed by atoms with Crippen LogP contribution in [-0.2, 0) is 9.47 Å². The second kappa shape index (κ2) is 11.6. The van der Waals surface area contributed by atoms with Gasteiger partial charge in [0.05, 0.1) is 13.2 Å². The van der Waals surface area contributed by atoms with Crippen LogP contribution in [0.2, 0.25) is 0 Å². The lowest BCUT2D eigenvalue weighted by Gasteiger charge is -2.25. The molecule has 0 aromatic rings. The van der Waals surface area contributed by atoms with Crippen molar-refractivity contribution in [2.45, 2.75) is 20.8 Å². The van der Waals surface area contributed by atoms with E-state index in [9.17, 15) is 0 Å². The van der Waals surface area contributed by atoms with E-state index in [1.165, 1.54) is 0 Å². The summed E-state index contributed by atoms with van der Waals surface area (Å²) in [4.78, 5) is 6.33. The minimum atomic E-state index is 0.660. The van der Waals surface area contributed by atoms with E-state index in [1.807, 2.05) is 25.7 Å². The molecule has 0 rings (SSSR count). The Balaban J connectivity index is 4.20. The first-order chi connectivity index (χ1) is 8.29. The van der Waals surface area contributed by atoms with Crippen molar-refractivity contribution < 1.29 is 9.47 Å². The highest BCUT2D eigenvalue weighted by atomic mass is 16.5. The second-order valence-electron chi connectivity index (χ2n) is 3.32. The lowest BCUT2D eigenvalue weighted by atomic mass is 10.5. The van der Waals surface area contributed by atoms with Crippen LogP contribution in [0.1, 0.15) is 20.8 Å². The van der Waals surface area contributed by atoms with Gasteiger partial charge in [0.15, 0.2) is 0 Å². The summed E-state index contributed by atoms with van der Waals surface area (Å²) >= 11 is 0. The molecule has 0 saturated heterocycles. The van der Waals surface area contributed by atoms with Gasteiger partial charge in [0.1, 0.15) is 0 Å². The first-order valence-corrected chi connectivity index (χ1v) is 6.21. The Morgan fingerprint density at radius 3 is 2.00 bits per heavy atom. The highest BCUT2D eigenvalue weighted by molar-refractivity contribution is 5.79. The highest BCUT2D eigenvalue weighted by Crippen LogP contribution is 1.92. The molecule has 0 radical (unpaired) electrons.